The van der Waals surface area contributed by atoms with E-state index in [9.17, 15) is 4.79 Å². The van der Waals surface area contributed by atoms with E-state index in [1.54, 1.807) is 7.11 Å². The van der Waals surface area contributed by atoms with Crippen molar-refractivity contribution < 1.29 is 9.53 Å². The minimum Gasteiger partial charge on any atom is -0.384 e. The van der Waals surface area contributed by atoms with Crippen molar-refractivity contribution in [3.05, 3.63) is 0 Å². The minimum absolute atomic E-state index is 0.0833. The largest absolute Gasteiger partial charge is 0.384 e. The number of nitrogens with zero attached hydrogens (tertiary/aromatic N) is 1. The summed E-state index contributed by atoms with van der Waals surface area (Å²) in [6.45, 7) is 4.33. The Morgan fingerprint density at radius 3 is 3.00 bits per heavy atom. The Hall–Kier alpha value is -0.280. The lowest BCUT2D eigenvalue weighted by Gasteiger charge is -2.33. The number of piperidine rings is 1. The third-order valence-corrected chi connectivity index (χ3v) is 3.35. The van der Waals surface area contributed by atoms with Crippen LogP contribution in [-0.2, 0) is 9.53 Å². The summed E-state index contributed by atoms with van der Waals surface area (Å²) >= 11 is 5.95. The Balaban J connectivity index is 2.44. The molecule has 0 aliphatic carbocycles. The molecular weight excluding hydrogens is 214 g/mol. The molecule has 1 amide bonds. The minimum atomic E-state index is -0.355. The Morgan fingerprint density at radius 1 is 1.67 bits per heavy atom. The van der Waals surface area contributed by atoms with Crippen LogP contribution in [0.15, 0.2) is 0 Å². The van der Waals surface area contributed by atoms with Gasteiger partial charge < -0.3 is 9.64 Å². The van der Waals surface area contributed by atoms with Gasteiger partial charge in [0.25, 0.3) is 0 Å². The molecule has 1 aliphatic heterocycles. The van der Waals surface area contributed by atoms with E-state index in [1.165, 1.54) is 0 Å². The van der Waals surface area contributed by atoms with Gasteiger partial charge in [-0.05, 0) is 25.2 Å². The number of carbonyl (C=O) groups is 1. The predicted molar refractivity (Wildman–Crippen MR) is 61.1 cm³/mol. The molecular formula is C11H20ClNO2. The van der Waals surface area contributed by atoms with Crippen LogP contribution in [0.4, 0.5) is 0 Å². The number of likely N-dealkylation sites (tertiary alicyclic amines) is 1. The number of carbonyl (C=O) groups excluding carboxylic acids is 1. The van der Waals surface area contributed by atoms with Crippen LogP contribution in [0.25, 0.3) is 0 Å². The third-order valence-electron chi connectivity index (χ3n) is 2.86. The molecule has 3 nitrogen and oxygen atoms in total. The number of hydrogen-bond donors (Lipinski definition) is 0. The van der Waals surface area contributed by atoms with Gasteiger partial charge in [0.1, 0.15) is 5.38 Å². The fourth-order valence-electron chi connectivity index (χ4n) is 2.01. The molecule has 0 aromatic carbocycles. The van der Waals surface area contributed by atoms with Gasteiger partial charge in [0, 0.05) is 20.2 Å². The molecule has 4 heteroatoms. The number of ether oxygens (including phenoxy) is 1. The first kappa shape index (κ1) is 12.8. The van der Waals surface area contributed by atoms with Crippen LogP contribution in [0.3, 0.4) is 0 Å². The second-order valence-corrected chi connectivity index (χ2v) is 4.65. The van der Waals surface area contributed by atoms with E-state index in [2.05, 4.69) is 0 Å². The number of alkyl halides is 1. The molecule has 0 aromatic heterocycles. The van der Waals surface area contributed by atoms with Crippen molar-refractivity contribution in [1.29, 1.82) is 0 Å². The summed E-state index contributed by atoms with van der Waals surface area (Å²) in [5.41, 5.74) is 0. The van der Waals surface area contributed by atoms with Gasteiger partial charge in [0.2, 0.25) is 5.91 Å². The van der Waals surface area contributed by atoms with Crippen molar-refractivity contribution >= 4 is 17.5 Å². The highest BCUT2D eigenvalue weighted by atomic mass is 35.5. The highest BCUT2D eigenvalue weighted by Crippen LogP contribution is 2.19. The maximum Gasteiger partial charge on any atom is 0.240 e. The second kappa shape index (κ2) is 6.33. The summed E-state index contributed by atoms with van der Waals surface area (Å²) in [6, 6.07) is 0. The van der Waals surface area contributed by atoms with Gasteiger partial charge in [-0.25, -0.2) is 0 Å². The predicted octanol–water partition coefficient (Wildman–Crippen LogP) is 1.89. The van der Waals surface area contributed by atoms with E-state index in [0.717, 1.165) is 32.5 Å². The Morgan fingerprint density at radius 2 is 2.40 bits per heavy atom. The van der Waals surface area contributed by atoms with Crippen LogP contribution in [0.5, 0.6) is 0 Å². The monoisotopic (exact) mass is 233 g/mol. The Labute approximate surface area is 96.7 Å². The Kier molecular flexibility index (Phi) is 5.40. The van der Waals surface area contributed by atoms with E-state index >= 15 is 0 Å². The quantitative estimate of drug-likeness (QED) is 0.694. The number of hydrogen-bond acceptors (Lipinski definition) is 2. The van der Waals surface area contributed by atoms with Gasteiger partial charge >= 0.3 is 0 Å². The molecule has 0 saturated carbocycles. The zero-order chi connectivity index (χ0) is 11.3. The molecule has 88 valence electrons. The smallest absolute Gasteiger partial charge is 0.240 e. The summed E-state index contributed by atoms with van der Waals surface area (Å²) in [7, 11) is 1.71. The van der Waals surface area contributed by atoms with Crippen molar-refractivity contribution in [2.45, 2.75) is 31.6 Å². The third kappa shape index (κ3) is 3.65. The molecule has 0 bridgehead atoms. The molecule has 0 N–H and O–H groups in total. The first-order valence-electron chi connectivity index (χ1n) is 5.60. The lowest BCUT2D eigenvalue weighted by Crippen LogP contribution is -2.44. The number of halogens is 1. The van der Waals surface area contributed by atoms with Gasteiger partial charge in [0.05, 0.1) is 6.61 Å². The van der Waals surface area contributed by atoms with Crippen LogP contribution in [-0.4, -0.2) is 43.0 Å². The van der Waals surface area contributed by atoms with E-state index in [4.69, 9.17) is 16.3 Å². The van der Waals surface area contributed by atoms with Gasteiger partial charge in [-0.15, -0.1) is 11.6 Å². The molecule has 2 atom stereocenters. The second-order valence-electron chi connectivity index (χ2n) is 4.12. The highest BCUT2D eigenvalue weighted by Gasteiger charge is 2.26. The molecule has 15 heavy (non-hydrogen) atoms. The molecule has 1 fully saturated rings. The number of methoxy groups -OCH3 is 1. The van der Waals surface area contributed by atoms with Crippen molar-refractivity contribution in [2.24, 2.45) is 5.92 Å². The SMILES string of the molecule is CC[C@H](Cl)C(=O)N1CCC[C@@H](COC)C1. The number of rotatable bonds is 4. The normalized spacial score (nSPS) is 23.9. The fraction of sp³-hybridized carbons (Fsp3) is 0.909. The van der Waals surface area contributed by atoms with Crippen LogP contribution in [0, 0.1) is 5.92 Å². The zero-order valence-corrected chi connectivity index (χ0v) is 10.3. The summed E-state index contributed by atoms with van der Waals surface area (Å²) in [5, 5.41) is -0.355. The molecule has 0 spiro atoms. The van der Waals surface area contributed by atoms with Crippen LogP contribution >= 0.6 is 11.6 Å². The summed E-state index contributed by atoms with van der Waals surface area (Å²) in [6.07, 6.45) is 2.91. The molecule has 1 aliphatic rings. The topological polar surface area (TPSA) is 29.5 Å². The van der Waals surface area contributed by atoms with Gasteiger partial charge in [-0.1, -0.05) is 6.92 Å². The molecule has 1 heterocycles. The maximum atomic E-state index is 11.8. The molecule has 1 rings (SSSR count). The zero-order valence-electron chi connectivity index (χ0n) is 9.54. The lowest BCUT2D eigenvalue weighted by molar-refractivity contribution is -0.133. The van der Waals surface area contributed by atoms with Crippen molar-refractivity contribution in [3.8, 4) is 0 Å². The summed E-state index contributed by atoms with van der Waals surface area (Å²) < 4.78 is 5.13. The van der Waals surface area contributed by atoms with Crippen molar-refractivity contribution in [1.82, 2.24) is 4.90 Å². The maximum absolute atomic E-state index is 11.8. The standard InChI is InChI=1S/C11H20ClNO2/c1-3-10(12)11(14)13-6-4-5-9(7-13)8-15-2/h9-10H,3-8H2,1-2H3/t9-,10+/m1/s1. The summed E-state index contributed by atoms with van der Waals surface area (Å²) in [4.78, 5) is 13.7. The van der Waals surface area contributed by atoms with Gasteiger partial charge in [-0.3, -0.25) is 4.79 Å². The van der Waals surface area contributed by atoms with Crippen molar-refractivity contribution in [2.75, 3.05) is 26.8 Å². The van der Waals surface area contributed by atoms with Crippen LogP contribution in [0.2, 0.25) is 0 Å². The number of amides is 1. The molecule has 0 aromatic rings. The first-order chi connectivity index (χ1) is 7.19. The molecule has 0 radical (unpaired) electrons. The van der Waals surface area contributed by atoms with E-state index in [0.29, 0.717) is 12.3 Å². The van der Waals surface area contributed by atoms with Gasteiger partial charge in [0.15, 0.2) is 0 Å². The summed E-state index contributed by atoms with van der Waals surface area (Å²) in [5.74, 6) is 0.563. The molecule has 1 saturated heterocycles. The average molecular weight is 234 g/mol. The van der Waals surface area contributed by atoms with E-state index in [1.807, 2.05) is 11.8 Å². The van der Waals surface area contributed by atoms with Gasteiger partial charge in [-0.2, -0.15) is 0 Å². The Bertz CT molecular complexity index is 209. The van der Waals surface area contributed by atoms with Crippen LogP contribution < -0.4 is 0 Å². The lowest BCUT2D eigenvalue weighted by atomic mass is 9.98. The fourth-order valence-corrected chi connectivity index (χ4v) is 2.15. The first-order valence-corrected chi connectivity index (χ1v) is 6.04. The average Bonchev–Trinajstić information content (AvgIpc) is 2.28. The van der Waals surface area contributed by atoms with Crippen LogP contribution in [0.1, 0.15) is 26.2 Å². The van der Waals surface area contributed by atoms with E-state index < -0.39 is 0 Å². The van der Waals surface area contributed by atoms with Crippen molar-refractivity contribution in [3.63, 3.8) is 0 Å². The highest BCUT2D eigenvalue weighted by molar-refractivity contribution is 6.30. The van der Waals surface area contributed by atoms with E-state index in [-0.39, 0.29) is 11.3 Å². The molecule has 0 unspecified atom stereocenters.